The van der Waals surface area contributed by atoms with E-state index in [1.807, 2.05) is 0 Å². The highest BCUT2D eigenvalue weighted by Crippen LogP contribution is 2.17. The van der Waals surface area contributed by atoms with Gasteiger partial charge in [-0.25, -0.2) is 0 Å². The van der Waals surface area contributed by atoms with E-state index < -0.39 is 30.2 Å². The van der Waals surface area contributed by atoms with Gasteiger partial charge in [0.15, 0.2) is 0 Å². The summed E-state index contributed by atoms with van der Waals surface area (Å²) in [5.41, 5.74) is 0.283. The lowest BCUT2D eigenvalue weighted by atomic mass is 10.1. The van der Waals surface area contributed by atoms with Crippen LogP contribution >= 0.6 is 11.6 Å². The standard InChI is InChI=1S/C18H23ClN2O4/c19-13-7-5-6-12(10-13)17(24)21-15(11-16(22)23)18(25)20-14-8-3-1-2-4-9-14/h5-7,10,14-15H,1-4,8-9,11H2,(H,20,25)(H,21,24)(H,22,23). The Hall–Kier alpha value is -2.08. The van der Waals surface area contributed by atoms with Crippen molar-refractivity contribution in [1.82, 2.24) is 10.6 Å². The van der Waals surface area contributed by atoms with Crippen molar-refractivity contribution in [3.8, 4) is 0 Å². The fourth-order valence-electron chi connectivity index (χ4n) is 2.98. The molecule has 7 heteroatoms. The van der Waals surface area contributed by atoms with Gasteiger partial charge in [-0.05, 0) is 31.0 Å². The number of carbonyl (C=O) groups is 3. The lowest BCUT2D eigenvalue weighted by molar-refractivity contribution is -0.139. The SMILES string of the molecule is O=C(O)CC(NC(=O)c1cccc(Cl)c1)C(=O)NC1CCCCCC1. The molecule has 0 radical (unpaired) electrons. The maximum Gasteiger partial charge on any atom is 0.305 e. The van der Waals surface area contributed by atoms with E-state index in [0.29, 0.717) is 5.02 Å². The minimum absolute atomic E-state index is 0.0365. The predicted octanol–water partition coefficient (Wildman–Crippen LogP) is 2.75. The quantitative estimate of drug-likeness (QED) is 0.674. The van der Waals surface area contributed by atoms with Crippen LogP contribution in [0.5, 0.6) is 0 Å². The van der Waals surface area contributed by atoms with E-state index in [0.717, 1.165) is 38.5 Å². The third-order valence-electron chi connectivity index (χ3n) is 4.29. The van der Waals surface area contributed by atoms with E-state index >= 15 is 0 Å². The van der Waals surface area contributed by atoms with Crippen LogP contribution in [0.25, 0.3) is 0 Å². The molecule has 1 fully saturated rings. The zero-order valence-electron chi connectivity index (χ0n) is 14.0. The van der Waals surface area contributed by atoms with Crippen molar-refractivity contribution < 1.29 is 19.5 Å². The number of nitrogens with one attached hydrogen (secondary N) is 2. The zero-order chi connectivity index (χ0) is 18.2. The van der Waals surface area contributed by atoms with Gasteiger partial charge in [0.25, 0.3) is 5.91 Å². The van der Waals surface area contributed by atoms with Gasteiger partial charge in [0.05, 0.1) is 6.42 Å². The molecule has 136 valence electrons. The smallest absolute Gasteiger partial charge is 0.305 e. The summed E-state index contributed by atoms with van der Waals surface area (Å²) in [6.45, 7) is 0. The van der Waals surface area contributed by atoms with E-state index in [4.69, 9.17) is 16.7 Å². The van der Waals surface area contributed by atoms with E-state index in [2.05, 4.69) is 10.6 Å². The Balaban J connectivity index is 2.02. The van der Waals surface area contributed by atoms with Gasteiger partial charge < -0.3 is 15.7 Å². The maximum absolute atomic E-state index is 12.5. The lowest BCUT2D eigenvalue weighted by Crippen LogP contribution is -2.50. The number of hydrogen-bond acceptors (Lipinski definition) is 3. The molecule has 2 amide bonds. The Morgan fingerprint density at radius 1 is 1.16 bits per heavy atom. The van der Waals surface area contributed by atoms with Gasteiger partial charge in [-0.3, -0.25) is 14.4 Å². The Bertz CT molecular complexity index is 627. The summed E-state index contributed by atoms with van der Waals surface area (Å²) in [6, 6.07) is 5.20. The Labute approximate surface area is 151 Å². The third-order valence-corrected chi connectivity index (χ3v) is 4.52. The number of benzene rings is 1. The van der Waals surface area contributed by atoms with E-state index in [9.17, 15) is 14.4 Å². The fraction of sp³-hybridized carbons (Fsp3) is 0.500. The van der Waals surface area contributed by atoms with Crippen molar-refractivity contribution in [2.75, 3.05) is 0 Å². The largest absolute Gasteiger partial charge is 0.481 e. The van der Waals surface area contributed by atoms with Crippen molar-refractivity contribution in [3.05, 3.63) is 34.9 Å². The van der Waals surface area contributed by atoms with Crippen LogP contribution in [0.4, 0.5) is 0 Å². The Morgan fingerprint density at radius 3 is 2.44 bits per heavy atom. The number of rotatable bonds is 6. The van der Waals surface area contributed by atoms with Gasteiger partial charge >= 0.3 is 5.97 Å². The van der Waals surface area contributed by atoms with E-state index in [-0.39, 0.29) is 11.6 Å². The van der Waals surface area contributed by atoms with Crippen molar-refractivity contribution in [2.45, 2.75) is 57.0 Å². The molecule has 0 spiro atoms. The van der Waals surface area contributed by atoms with Gasteiger partial charge in [0.2, 0.25) is 5.91 Å². The Kier molecular flexibility index (Phi) is 7.25. The van der Waals surface area contributed by atoms with Crippen LogP contribution in [0.3, 0.4) is 0 Å². The molecule has 1 aromatic carbocycles. The van der Waals surface area contributed by atoms with Crippen molar-refractivity contribution in [1.29, 1.82) is 0 Å². The van der Waals surface area contributed by atoms with Crippen LogP contribution in [0.1, 0.15) is 55.3 Å². The van der Waals surface area contributed by atoms with Crippen LogP contribution in [0.2, 0.25) is 5.02 Å². The summed E-state index contributed by atoms with van der Waals surface area (Å²) in [5, 5.41) is 14.8. The van der Waals surface area contributed by atoms with Crippen LogP contribution in [-0.4, -0.2) is 35.0 Å². The molecule has 1 aliphatic rings. The topological polar surface area (TPSA) is 95.5 Å². The molecular formula is C18H23ClN2O4. The second-order valence-corrected chi connectivity index (χ2v) is 6.77. The number of amides is 2. The summed E-state index contributed by atoms with van der Waals surface area (Å²) in [5.74, 6) is -2.12. The van der Waals surface area contributed by atoms with Crippen LogP contribution in [0, 0.1) is 0 Å². The molecule has 1 unspecified atom stereocenters. The maximum atomic E-state index is 12.5. The van der Waals surface area contributed by atoms with Gasteiger partial charge in [0, 0.05) is 16.6 Å². The van der Waals surface area contributed by atoms with Crippen molar-refractivity contribution >= 4 is 29.4 Å². The third kappa shape index (κ3) is 6.38. The lowest BCUT2D eigenvalue weighted by Gasteiger charge is -2.21. The molecule has 25 heavy (non-hydrogen) atoms. The van der Waals surface area contributed by atoms with Gasteiger partial charge in [0.1, 0.15) is 6.04 Å². The monoisotopic (exact) mass is 366 g/mol. The molecule has 1 saturated carbocycles. The van der Waals surface area contributed by atoms with Crippen LogP contribution in [0.15, 0.2) is 24.3 Å². The number of hydrogen-bond donors (Lipinski definition) is 3. The van der Waals surface area contributed by atoms with Crippen LogP contribution < -0.4 is 10.6 Å². The van der Waals surface area contributed by atoms with Crippen LogP contribution in [-0.2, 0) is 9.59 Å². The number of halogens is 1. The minimum atomic E-state index is -1.15. The second kappa shape index (κ2) is 9.42. The summed E-state index contributed by atoms with van der Waals surface area (Å²) in [7, 11) is 0. The first-order valence-electron chi connectivity index (χ1n) is 8.54. The first-order chi connectivity index (χ1) is 12.0. The first-order valence-corrected chi connectivity index (χ1v) is 8.92. The minimum Gasteiger partial charge on any atom is -0.481 e. The van der Waals surface area contributed by atoms with Gasteiger partial charge in [-0.1, -0.05) is 43.4 Å². The highest BCUT2D eigenvalue weighted by Gasteiger charge is 2.26. The highest BCUT2D eigenvalue weighted by molar-refractivity contribution is 6.31. The first kappa shape index (κ1) is 19.2. The summed E-state index contributed by atoms with van der Waals surface area (Å²) in [4.78, 5) is 35.9. The molecule has 6 nitrogen and oxygen atoms in total. The van der Waals surface area contributed by atoms with E-state index in [1.165, 1.54) is 6.07 Å². The molecule has 0 aromatic heterocycles. The molecule has 0 aliphatic heterocycles. The molecule has 0 heterocycles. The molecule has 2 rings (SSSR count). The molecule has 1 aliphatic carbocycles. The van der Waals surface area contributed by atoms with Gasteiger partial charge in [-0.15, -0.1) is 0 Å². The molecule has 1 aromatic rings. The molecule has 3 N–H and O–H groups in total. The number of carbonyl (C=O) groups excluding carboxylic acids is 2. The van der Waals surface area contributed by atoms with Gasteiger partial charge in [-0.2, -0.15) is 0 Å². The highest BCUT2D eigenvalue weighted by atomic mass is 35.5. The average Bonchev–Trinajstić information content (AvgIpc) is 2.82. The second-order valence-electron chi connectivity index (χ2n) is 6.33. The number of carboxylic acid groups (broad SMARTS) is 1. The average molecular weight is 367 g/mol. The summed E-state index contributed by atoms with van der Waals surface area (Å²) >= 11 is 5.86. The molecule has 0 bridgehead atoms. The fourth-order valence-corrected chi connectivity index (χ4v) is 3.17. The molecular weight excluding hydrogens is 344 g/mol. The Morgan fingerprint density at radius 2 is 1.84 bits per heavy atom. The van der Waals surface area contributed by atoms with Crippen molar-refractivity contribution in [2.24, 2.45) is 0 Å². The van der Waals surface area contributed by atoms with Crippen molar-refractivity contribution in [3.63, 3.8) is 0 Å². The summed E-state index contributed by atoms with van der Waals surface area (Å²) < 4.78 is 0. The predicted molar refractivity (Wildman–Crippen MR) is 94.6 cm³/mol. The number of carboxylic acids is 1. The molecule has 1 atom stereocenters. The van der Waals surface area contributed by atoms with E-state index in [1.54, 1.807) is 18.2 Å². The zero-order valence-corrected chi connectivity index (χ0v) is 14.7. The number of aliphatic carboxylic acids is 1. The summed E-state index contributed by atoms with van der Waals surface area (Å²) in [6.07, 6.45) is 5.69. The molecule has 0 saturated heterocycles. The normalized spacial score (nSPS) is 16.5.